The fourth-order valence-corrected chi connectivity index (χ4v) is 4.28. The quantitative estimate of drug-likeness (QED) is 0.413. The third kappa shape index (κ3) is 5.05. The highest BCUT2D eigenvalue weighted by molar-refractivity contribution is 6.57. The highest BCUT2D eigenvalue weighted by atomic mass is 28.4. The van der Waals surface area contributed by atoms with E-state index < -0.39 is 9.05 Å². The first-order valence-corrected chi connectivity index (χ1v) is 10.3. The summed E-state index contributed by atoms with van der Waals surface area (Å²) in [5.74, 6) is 1.96. The van der Waals surface area contributed by atoms with Crippen molar-refractivity contribution in [3.05, 3.63) is 98.1 Å². The summed E-state index contributed by atoms with van der Waals surface area (Å²) in [5, 5.41) is 0. The van der Waals surface area contributed by atoms with Crippen LogP contribution in [0.4, 0.5) is 0 Å². The van der Waals surface area contributed by atoms with Crippen molar-refractivity contribution in [1.29, 1.82) is 0 Å². The molecule has 0 atom stereocenters. The standard InChI is InChI=1S/C20H16N4O4Si/c1-9-21-10-2-17(1)25-29(26-18-3-11-22-12-4-18,27-19-5-13-23-14-6-19)28-20-7-15-24-16-8-20/h1-16H. The monoisotopic (exact) mass is 404 g/mol. The highest BCUT2D eigenvalue weighted by Crippen LogP contribution is 2.25. The van der Waals surface area contributed by atoms with Gasteiger partial charge >= 0.3 is 9.05 Å². The maximum Gasteiger partial charge on any atom is 0.966 e. The maximum absolute atomic E-state index is 6.18. The minimum absolute atomic E-state index is 0.490. The molecule has 0 fully saturated rings. The summed E-state index contributed by atoms with van der Waals surface area (Å²) in [6.45, 7) is 0. The Morgan fingerprint density at radius 1 is 0.379 bits per heavy atom. The van der Waals surface area contributed by atoms with E-state index in [-0.39, 0.29) is 0 Å². The average Bonchev–Trinajstić information content (AvgIpc) is 2.76. The summed E-state index contributed by atoms with van der Waals surface area (Å²) in [6, 6.07) is 13.6. The van der Waals surface area contributed by atoms with Gasteiger partial charge in [-0.2, -0.15) is 0 Å². The number of nitrogens with zero attached hydrogens (tertiary/aromatic N) is 4. The van der Waals surface area contributed by atoms with E-state index in [2.05, 4.69) is 19.9 Å². The zero-order chi connectivity index (χ0) is 19.8. The van der Waals surface area contributed by atoms with Crippen LogP contribution in [0.2, 0.25) is 0 Å². The number of hydrogen-bond donors (Lipinski definition) is 0. The van der Waals surface area contributed by atoms with Crippen LogP contribution >= 0.6 is 0 Å². The third-order valence-electron chi connectivity index (χ3n) is 3.57. The Kier molecular flexibility index (Phi) is 5.58. The van der Waals surface area contributed by atoms with Crippen LogP contribution in [0.15, 0.2) is 98.1 Å². The molecule has 0 radical (unpaired) electrons. The van der Waals surface area contributed by atoms with E-state index in [0.29, 0.717) is 23.0 Å². The lowest BCUT2D eigenvalue weighted by atomic mass is 10.5. The van der Waals surface area contributed by atoms with Crippen LogP contribution in [-0.4, -0.2) is 29.0 Å². The molecule has 8 nitrogen and oxygen atoms in total. The normalized spacial score (nSPS) is 10.8. The van der Waals surface area contributed by atoms with Gasteiger partial charge in [0.1, 0.15) is 23.0 Å². The molecular weight excluding hydrogens is 388 g/mol. The molecule has 0 saturated heterocycles. The van der Waals surface area contributed by atoms with Gasteiger partial charge in [0, 0.05) is 49.6 Å². The van der Waals surface area contributed by atoms with Gasteiger partial charge in [-0.3, -0.25) is 19.9 Å². The van der Waals surface area contributed by atoms with Crippen molar-refractivity contribution < 1.29 is 17.7 Å². The number of rotatable bonds is 8. The Morgan fingerprint density at radius 2 is 0.586 bits per heavy atom. The smallest absolute Gasteiger partial charge is 0.452 e. The fourth-order valence-electron chi connectivity index (χ4n) is 2.33. The second-order valence-corrected chi connectivity index (χ2v) is 7.46. The topological polar surface area (TPSA) is 88.5 Å². The summed E-state index contributed by atoms with van der Waals surface area (Å²) in [6.07, 6.45) is 12.9. The van der Waals surface area contributed by atoms with Gasteiger partial charge in [0.15, 0.2) is 0 Å². The van der Waals surface area contributed by atoms with E-state index in [4.69, 9.17) is 17.7 Å². The minimum Gasteiger partial charge on any atom is -0.452 e. The molecule has 29 heavy (non-hydrogen) atoms. The van der Waals surface area contributed by atoms with Crippen LogP contribution < -0.4 is 17.7 Å². The van der Waals surface area contributed by atoms with E-state index in [1.807, 2.05) is 0 Å². The van der Waals surface area contributed by atoms with Gasteiger partial charge in [0.05, 0.1) is 0 Å². The van der Waals surface area contributed by atoms with E-state index >= 15 is 0 Å². The zero-order valence-corrected chi connectivity index (χ0v) is 16.2. The largest absolute Gasteiger partial charge is 0.966 e. The number of aromatic nitrogens is 4. The predicted octanol–water partition coefficient (Wildman–Crippen LogP) is 3.32. The first-order chi connectivity index (χ1) is 14.3. The molecule has 4 aromatic heterocycles. The molecule has 144 valence electrons. The second kappa shape index (κ2) is 8.80. The first kappa shape index (κ1) is 18.4. The van der Waals surface area contributed by atoms with Crippen molar-refractivity contribution in [3.63, 3.8) is 0 Å². The van der Waals surface area contributed by atoms with Crippen LogP contribution in [0.25, 0.3) is 0 Å². The van der Waals surface area contributed by atoms with Crippen LogP contribution in [0, 0.1) is 0 Å². The average molecular weight is 404 g/mol. The predicted molar refractivity (Wildman–Crippen MR) is 105 cm³/mol. The van der Waals surface area contributed by atoms with Crippen molar-refractivity contribution in [3.8, 4) is 23.0 Å². The maximum atomic E-state index is 6.18. The summed E-state index contributed by atoms with van der Waals surface area (Å²) in [4.78, 5) is 16.1. The number of pyridine rings is 4. The minimum atomic E-state index is -3.87. The van der Waals surface area contributed by atoms with Crippen LogP contribution in [0.5, 0.6) is 23.0 Å². The number of hydrogen-bond acceptors (Lipinski definition) is 8. The van der Waals surface area contributed by atoms with Crippen molar-refractivity contribution in [1.82, 2.24) is 19.9 Å². The third-order valence-corrected chi connectivity index (χ3v) is 5.51. The molecule has 0 N–H and O–H groups in total. The second-order valence-electron chi connectivity index (χ2n) is 5.64. The Balaban J connectivity index is 1.75. The van der Waals surface area contributed by atoms with Crippen molar-refractivity contribution in [2.24, 2.45) is 0 Å². The van der Waals surface area contributed by atoms with Crippen LogP contribution in [0.1, 0.15) is 0 Å². The molecule has 0 aliphatic rings. The SMILES string of the molecule is c1cc(O[Si](Oc2ccncc2)(Oc2ccncc2)Oc2ccncc2)ccn1. The summed E-state index contributed by atoms with van der Waals surface area (Å²) < 4.78 is 24.7. The molecule has 9 heteroatoms. The van der Waals surface area contributed by atoms with E-state index in [0.717, 1.165) is 0 Å². The molecule has 0 aliphatic heterocycles. The lowest BCUT2D eigenvalue weighted by Gasteiger charge is -2.28. The highest BCUT2D eigenvalue weighted by Gasteiger charge is 2.58. The van der Waals surface area contributed by atoms with E-state index in [1.165, 1.54) is 0 Å². The molecule has 0 unspecified atom stereocenters. The molecule has 0 bridgehead atoms. The summed E-state index contributed by atoms with van der Waals surface area (Å²) >= 11 is 0. The van der Waals surface area contributed by atoms with Gasteiger partial charge in [-0.05, 0) is 48.5 Å². The zero-order valence-electron chi connectivity index (χ0n) is 15.2. The van der Waals surface area contributed by atoms with Gasteiger partial charge in [-0.15, -0.1) is 0 Å². The Morgan fingerprint density at radius 3 is 0.793 bits per heavy atom. The summed E-state index contributed by atoms with van der Waals surface area (Å²) in [5.41, 5.74) is 0. The first-order valence-electron chi connectivity index (χ1n) is 8.67. The Bertz CT molecular complexity index is 840. The van der Waals surface area contributed by atoms with Crippen molar-refractivity contribution >= 4 is 9.05 Å². The molecule has 0 aromatic carbocycles. The van der Waals surface area contributed by atoms with Gasteiger partial charge in [0.2, 0.25) is 0 Å². The van der Waals surface area contributed by atoms with Gasteiger partial charge in [-0.1, -0.05) is 0 Å². The molecule has 4 rings (SSSR count). The Hall–Kier alpha value is -3.98. The van der Waals surface area contributed by atoms with Crippen molar-refractivity contribution in [2.75, 3.05) is 0 Å². The van der Waals surface area contributed by atoms with Gasteiger partial charge < -0.3 is 17.7 Å². The molecule has 0 saturated carbocycles. The lowest BCUT2D eigenvalue weighted by molar-refractivity contribution is 0.161. The van der Waals surface area contributed by atoms with Crippen LogP contribution in [0.3, 0.4) is 0 Å². The van der Waals surface area contributed by atoms with Crippen LogP contribution in [-0.2, 0) is 0 Å². The van der Waals surface area contributed by atoms with E-state index in [1.54, 1.807) is 98.1 Å². The van der Waals surface area contributed by atoms with Gasteiger partial charge in [0.25, 0.3) is 0 Å². The van der Waals surface area contributed by atoms with Gasteiger partial charge in [-0.25, -0.2) is 0 Å². The molecule has 4 aromatic rings. The molecular formula is C20H16N4O4Si. The van der Waals surface area contributed by atoms with E-state index in [9.17, 15) is 0 Å². The Labute approximate surface area is 168 Å². The summed E-state index contributed by atoms with van der Waals surface area (Å²) in [7, 11) is -3.87. The van der Waals surface area contributed by atoms with Crippen molar-refractivity contribution in [2.45, 2.75) is 0 Å². The molecule has 0 spiro atoms. The molecule has 4 heterocycles. The molecule has 0 aliphatic carbocycles. The fraction of sp³-hybridized carbons (Fsp3) is 0. The lowest BCUT2D eigenvalue weighted by Crippen LogP contribution is -2.60. The molecule has 0 amide bonds.